The van der Waals surface area contributed by atoms with Crippen molar-refractivity contribution in [1.82, 2.24) is 10.2 Å². The van der Waals surface area contributed by atoms with Crippen molar-refractivity contribution in [2.45, 2.75) is 6.54 Å². The van der Waals surface area contributed by atoms with Crippen LogP contribution in [0.25, 0.3) is 0 Å². The quantitative estimate of drug-likeness (QED) is 0.689. The third-order valence-electron chi connectivity index (χ3n) is 1.89. The van der Waals surface area contributed by atoms with Gasteiger partial charge in [-0.15, -0.1) is 0 Å². The molecule has 0 amide bonds. The molecule has 0 aliphatic rings. The van der Waals surface area contributed by atoms with Crippen molar-refractivity contribution in [2.75, 3.05) is 5.32 Å². The normalized spacial score (nSPS) is 10.0. The van der Waals surface area contributed by atoms with Crippen LogP contribution in [-0.2, 0) is 6.54 Å². The standard InChI is InChI=1S/C10H11N3O/c14-10-3-1-2-8(6-10)11-7-9-4-5-12-13-9/h1-6,11,14H,7H2,(H,12,13). The lowest BCUT2D eigenvalue weighted by Gasteiger charge is -2.04. The Morgan fingerprint density at radius 1 is 1.36 bits per heavy atom. The van der Waals surface area contributed by atoms with Gasteiger partial charge in [0.2, 0.25) is 0 Å². The monoisotopic (exact) mass is 189 g/mol. The van der Waals surface area contributed by atoms with E-state index in [0.29, 0.717) is 6.54 Å². The number of H-pyrrole nitrogens is 1. The maximum absolute atomic E-state index is 9.21. The van der Waals surface area contributed by atoms with Gasteiger partial charge in [-0.1, -0.05) is 6.07 Å². The SMILES string of the molecule is Oc1cccc(NCc2ccn[nH]2)c1. The van der Waals surface area contributed by atoms with Crippen molar-refractivity contribution < 1.29 is 5.11 Å². The molecule has 72 valence electrons. The molecule has 2 aromatic rings. The molecule has 3 N–H and O–H groups in total. The number of nitrogens with one attached hydrogen (secondary N) is 2. The lowest BCUT2D eigenvalue weighted by atomic mass is 10.3. The third-order valence-corrected chi connectivity index (χ3v) is 1.89. The van der Waals surface area contributed by atoms with E-state index in [4.69, 9.17) is 0 Å². The summed E-state index contributed by atoms with van der Waals surface area (Å²) < 4.78 is 0. The van der Waals surface area contributed by atoms with Crippen molar-refractivity contribution in [2.24, 2.45) is 0 Å². The summed E-state index contributed by atoms with van der Waals surface area (Å²) in [5, 5.41) is 19.1. The van der Waals surface area contributed by atoms with Gasteiger partial charge in [0.1, 0.15) is 5.75 Å². The van der Waals surface area contributed by atoms with Gasteiger partial charge in [0.15, 0.2) is 0 Å². The number of hydrogen-bond acceptors (Lipinski definition) is 3. The summed E-state index contributed by atoms with van der Waals surface area (Å²) in [6.07, 6.45) is 1.71. The van der Waals surface area contributed by atoms with Crippen LogP contribution >= 0.6 is 0 Å². The molecule has 2 rings (SSSR count). The Hall–Kier alpha value is -1.97. The van der Waals surface area contributed by atoms with Crippen molar-refractivity contribution >= 4 is 5.69 Å². The molecule has 1 heterocycles. The topological polar surface area (TPSA) is 60.9 Å². The third kappa shape index (κ3) is 2.04. The number of aromatic nitrogens is 2. The molecule has 0 spiro atoms. The van der Waals surface area contributed by atoms with Crippen LogP contribution in [0, 0.1) is 0 Å². The molecule has 0 unspecified atom stereocenters. The van der Waals surface area contributed by atoms with Gasteiger partial charge in [0.25, 0.3) is 0 Å². The lowest BCUT2D eigenvalue weighted by Crippen LogP contribution is -1.99. The summed E-state index contributed by atoms with van der Waals surface area (Å²) in [7, 11) is 0. The molecule has 4 heteroatoms. The van der Waals surface area contributed by atoms with Crippen molar-refractivity contribution in [1.29, 1.82) is 0 Å². The van der Waals surface area contributed by atoms with Crippen molar-refractivity contribution in [3.8, 4) is 5.75 Å². The van der Waals surface area contributed by atoms with E-state index >= 15 is 0 Å². The summed E-state index contributed by atoms with van der Waals surface area (Å²) in [5.74, 6) is 0.264. The maximum atomic E-state index is 9.21. The van der Waals surface area contributed by atoms with Gasteiger partial charge in [-0.25, -0.2) is 0 Å². The Bertz CT molecular complexity index is 398. The zero-order chi connectivity index (χ0) is 9.80. The van der Waals surface area contributed by atoms with Crippen LogP contribution in [0.3, 0.4) is 0 Å². The molecule has 1 aromatic carbocycles. The average molecular weight is 189 g/mol. The predicted octanol–water partition coefficient (Wildman–Crippen LogP) is 1.73. The van der Waals surface area contributed by atoms with Crippen LogP contribution in [0.15, 0.2) is 36.5 Å². The second-order valence-corrected chi connectivity index (χ2v) is 2.99. The molecule has 14 heavy (non-hydrogen) atoms. The van der Waals surface area contributed by atoms with Gasteiger partial charge in [-0.05, 0) is 18.2 Å². The number of rotatable bonds is 3. The number of phenolic OH excluding ortho intramolecular Hbond substituents is 1. The Balaban J connectivity index is 1.98. The fourth-order valence-corrected chi connectivity index (χ4v) is 1.20. The summed E-state index contributed by atoms with van der Waals surface area (Å²) in [4.78, 5) is 0. The molecule has 0 fully saturated rings. The highest BCUT2D eigenvalue weighted by atomic mass is 16.3. The number of hydrogen-bond donors (Lipinski definition) is 3. The van der Waals surface area contributed by atoms with Gasteiger partial charge < -0.3 is 10.4 Å². The molecule has 0 atom stereocenters. The predicted molar refractivity (Wildman–Crippen MR) is 54.0 cm³/mol. The van der Waals surface area contributed by atoms with E-state index in [9.17, 15) is 5.11 Å². The second kappa shape index (κ2) is 3.83. The fraction of sp³-hybridized carbons (Fsp3) is 0.100. The maximum Gasteiger partial charge on any atom is 0.117 e. The van der Waals surface area contributed by atoms with Gasteiger partial charge in [0, 0.05) is 18.0 Å². The second-order valence-electron chi connectivity index (χ2n) is 2.99. The van der Waals surface area contributed by atoms with Crippen LogP contribution < -0.4 is 5.32 Å². The summed E-state index contributed by atoms with van der Waals surface area (Å²) in [6.45, 7) is 0.670. The fourth-order valence-electron chi connectivity index (χ4n) is 1.20. The number of benzene rings is 1. The summed E-state index contributed by atoms with van der Waals surface area (Å²) in [5.41, 5.74) is 1.90. The highest BCUT2D eigenvalue weighted by molar-refractivity contribution is 5.47. The van der Waals surface area contributed by atoms with Crippen molar-refractivity contribution in [3.05, 3.63) is 42.2 Å². The summed E-state index contributed by atoms with van der Waals surface area (Å²) in [6, 6.07) is 8.91. The molecule has 0 aliphatic heterocycles. The van der Waals surface area contributed by atoms with Crippen LogP contribution in [-0.4, -0.2) is 15.3 Å². The first-order valence-electron chi connectivity index (χ1n) is 4.36. The van der Waals surface area contributed by atoms with Gasteiger partial charge in [0.05, 0.1) is 12.2 Å². The first kappa shape index (κ1) is 8.62. The Morgan fingerprint density at radius 3 is 3.00 bits per heavy atom. The Kier molecular flexibility index (Phi) is 2.36. The average Bonchev–Trinajstić information content (AvgIpc) is 2.67. The van der Waals surface area contributed by atoms with E-state index in [1.807, 2.05) is 12.1 Å². The number of anilines is 1. The highest BCUT2D eigenvalue weighted by Gasteiger charge is 1.95. The summed E-state index contributed by atoms with van der Waals surface area (Å²) >= 11 is 0. The molecule has 0 saturated heterocycles. The number of aromatic hydroxyl groups is 1. The molecule has 0 bridgehead atoms. The smallest absolute Gasteiger partial charge is 0.117 e. The van der Waals surface area contributed by atoms with Crippen LogP contribution in [0.4, 0.5) is 5.69 Å². The van der Waals surface area contributed by atoms with E-state index in [0.717, 1.165) is 11.4 Å². The van der Waals surface area contributed by atoms with E-state index in [1.54, 1.807) is 24.4 Å². The molecule has 0 radical (unpaired) electrons. The van der Waals surface area contributed by atoms with E-state index in [2.05, 4.69) is 15.5 Å². The minimum atomic E-state index is 0.264. The van der Waals surface area contributed by atoms with E-state index in [-0.39, 0.29) is 5.75 Å². The minimum Gasteiger partial charge on any atom is -0.508 e. The van der Waals surface area contributed by atoms with Gasteiger partial charge in [-0.3, -0.25) is 5.10 Å². The number of aromatic amines is 1. The largest absolute Gasteiger partial charge is 0.508 e. The van der Waals surface area contributed by atoms with Gasteiger partial charge >= 0.3 is 0 Å². The molecular formula is C10H11N3O. The number of phenols is 1. The number of nitrogens with zero attached hydrogens (tertiary/aromatic N) is 1. The lowest BCUT2D eigenvalue weighted by molar-refractivity contribution is 0.475. The molecule has 1 aromatic heterocycles. The van der Waals surface area contributed by atoms with E-state index in [1.165, 1.54) is 0 Å². The zero-order valence-electron chi connectivity index (χ0n) is 7.57. The first-order chi connectivity index (χ1) is 6.84. The highest BCUT2D eigenvalue weighted by Crippen LogP contribution is 2.15. The van der Waals surface area contributed by atoms with E-state index < -0.39 is 0 Å². The van der Waals surface area contributed by atoms with Gasteiger partial charge in [-0.2, -0.15) is 5.10 Å². The Morgan fingerprint density at radius 2 is 2.29 bits per heavy atom. The Labute approximate surface area is 81.6 Å². The molecule has 4 nitrogen and oxygen atoms in total. The van der Waals surface area contributed by atoms with Crippen LogP contribution in [0.2, 0.25) is 0 Å². The van der Waals surface area contributed by atoms with Crippen LogP contribution in [0.1, 0.15) is 5.69 Å². The molecular weight excluding hydrogens is 178 g/mol. The first-order valence-corrected chi connectivity index (χ1v) is 4.36. The molecule has 0 saturated carbocycles. The van der Waals surface area contributed by atoms with Crippen molar-refractivity contribution in [3.63, 3.8) is 0 Å². The minimum absolute atomic E-state index is 0.264. The van der Waals surface area contributed by atoms with Crippen LogP contribution in [0.5, 0.6) is 5.75 Å². The molecule has 0 aliphatic carbocycles. The zero-order valence-corrected chi connectivity index (χ0v) is 7.57.